The van der Waals surface area contributed by atoms with E-state index in [4.69, 9.17) is 28.4 Å². The number of aliphatic hydroxyl groups is 1. The molecule has 1 N–H and O–H groups in total. The van der Waals surface area contributed by atoms with Gasteiger partial charge in [0.1, 0.15) is 0 Å². The quantitative estimate of drug-likeness (QED) is 0.605. The average molecular weight is 432 g/mol. The molecule has 168 valence electrons. The van der Waals surface area contributed by atoms with Crippen LogP contribution in [0.15, 0.2) is 30.3 Å². The van der Waals surface area contributed by atoms with E-state index >= 15 is 0 Å². The van der Waals surface area contributed by atoms with Crippen LogP contribution in [0.1, 0.15) is 17.2 Å². The second-order valence-electron chi connectivity index (χ2n) is 7.21. The number of cyclic esters (lactones) is 1. The molecule has 3 atom stereocenters. The van der Waals surface area contributed by atoms with Crippen LogP contribution in [0.2, 0.25) is 0 Å². The number of hydrogen-bond donors (Lipinski definition) is 1. The molecule has 0 amide bonds. The van der Waals surface area contributed by atoms with Gasteiger partial charge in [-0.3, -0.25) is 4.79 Å². The summed E-state index contributed by atoms with van der Waals surface area (Å²) in [6.07, 6.45) is -0.577. The Kier molecular flexibility index (Phi) is 7.12. The Bertz CT molecular complexity index is 901. The van der Waals surface area contributed by atoms with E-state index < -0.39 is 18.0 Å². The number of ether oxygens (including phenoxy) is 6. The third-order valence-corrected chi connectivity index (χ3v) is 5.53. The molecule has 0 saturated carbocycles. The second-order valence-corrected chi connectivity index (χ2v) is 7.21. The number of hydrogen-bond acceptors (Lipinski definition) is 8. The maximum Gasteiger partial charge on any atom is 0.312 e. The SMILES string of the molecule is COc1ccc(C[C@H]2COC(=O)[C@@H]2C(O)c2cc(OC)c(OC)c(OC)c2)cc1OC. The standard InChI is InChI=1S/C23H28O8/c1-26-16-7-6-13(9-17(16)27-2)8-15-12-31-23(25)20(15)21(24)14-10-18(28-3)22(30-5)19(11-14)29-4/h6-7,9-11,15,20-21,24H,8,12H2,1-5H3/t15-,20-,21?/m0/s1. The molecule has 1 unspecified atom stereocenters. The summed E-state index contributed by atoms with van der Waals surface area (Å²) in [4.78, 5) is 12.5. The topological polar surface area (TPSA) is 92.7 Å². The van der Waals surface area contributed by atoms with Crippen molar-refractivity contribution in [2.45, 2.75) is 12.5 Å². The van der Waals surface area contributed by atoms with Crippen LogP contribution in [-0.4, -0.2) is 53.2 Å². The lowest BCUT2D eigenvalue weighted by Gasteiger charge is -2.23. The zero-order valence-corrected chi connectivity index (χ0v) is 18.3. The van der Waals surface area contributed by atoms with Crippen molar-refractivity contribution >= 4 is 5.97 Å². The molecule has 3 rings (SSSR count). The number of rotatable bonds is 9. The van der Waals surface area contributed by atoms with Crippen molar-refractivity contribution in [1.29, 1.82) is 0 Å². The van der Waals surface area contributed by atoms with Gasteiger partial charge >= 0.3 is 5.97 Å². The third-order valence-electron chi connectivity index (χ3n) is 5.53. The highest BCUT2D eigenvalue weighted by molar-refractivity contribution is 5.76. The van der Waals surface area contributed by atoms with Crippen molar-refractivity contribution in [3.63, 3.8) is 0 Å². The summed E-state index contributed by atoms with van der Waals surface area (Å²) in [5, 5.41) is 11.1. The molecule has 2 aromatic rings. The van der Waals surface area contributed by atoms with Gasteiger partial charge in [-0.2, -0.15) is 0 Å². The van der Waals surface area contributed by atoms with E-state index in [1.54, 1.807) is 26.4 Å². The molecular formula is C23H28O8. The minimum absolute atomic E-state index is 0.222. The van der Waals surface area contributed by atoms with Crippen LogP contribution in [0.4, 0.5) is 0 Å². The highest BCUT2D eigenvalue weighted by Gasteiger charge is 2.43. The van der Waals surface area contributed by atoms with Gasteiger partial charge in [-0.1, -0.05) is 6.07 Å². The fourth-order valence-electron chi connectivity index (χ4n) is 3.94. The molecule has 8 heteroatoms. The Morgan fingerprint density at radius 2 is 1.52 bits per heavy atom. The Balaban J connectivity index is 1.89. The van der Waals surface area contributed by atoms with E-state index in [1.807, 2.05) is 18.2 Å². The molecule has 31 heavy (non-hydrogen) atoms. The molecule has 1 aliphatic rings. The summed E-state index contributed by atoms with van der Waals surface area (Å²) in [5.74, 6) is 1.04. The zero-order chi connectivity index (χ0) is 22.5. The largest absolute Gasteiger partial charge is 0.493 e. The fourth-order valence-corrected chi connectivity index (χ4v) is 3.94. The fraction of sp³-hybridized carbons (Fsp3) is 0.435. The van der Waals surface area contributed by atoms with Crippen LogP contribution in [0, 0.1) is 11.8 Å². The summed E-state index contributed by atoms with van der Waals surface area (Å²) in [7, 11) is 7.64. The number of aliphatic hydroxyl groups excluding tert-OH is 1. The average Bonchev–Trinajstić information content (AvgIpc) is 3.16. The van der Waals surface area contributed by atoms with Crippen LogP contribution in [0.25, 0.3) is 0 Å². The number of carbonyl (C=O) groups is 1. The van der Waals surface area contributed by atoms with Crippen LogP contribution < -0.4 is 23.7 Å². The van der Waals surface area contributed by atoms with Crippen LogP contribution in [0.3, 0.4) is 0 Å². The monoisotopic (exact) mass is 432 g/mol. The maximum absolute atomic E-state index is 12.5. The minimum Gasteiger partial charge on any atom is -0.493 e. The van der Waals surface area contributed by atoms with Gasteiger partial charge in [0.15, 0.2) is 23.0 Å². The molecule has 1 saturated heterocycles. The van der Waals surface area contributed by atoms with Gasteiger partial charge in [0, 0.05) is 5.92 Å². The van der Waals surface area contributed by atoms with Crippen LogP contribution in [-0.2, 0) is 16.0 Å². The predicted molar refractivity (Wildman–Crippen MR) is 112 cm³/mol. The van der Waals surface area contributed by atoms with E-state index in [2.05, 4.69) is 0 Å². The molecule has 1 aliphatic heterocycles. The van der Waals surface area contributed by atoms with Crippen molar-refractivity contribution in [1.82, 2.24) is 0 Å². The molecule has 0 spiro atoms. The Labute approximate surface area is 181 Å². The highest BCUT2D eigenvalue weighted by atomic mass is 16.5. The highest BCUT2D eigenvalue weighted by Crippen LogP contribution is 2.43. The van der Waals surface area contributed by atoms with Crippen molar-refractivity contribution in [2.24, 2.45) is 11.8 Å². The predicted octanol–water partition coefficient (Wildman–Crippen LogP) is 2.79. The minimum atomic E-state index is -1.10. The van der Waals surface area contributed by atoms with Gasteiger partial charge in [-0.25, -0.2) is 0 Å². The Morgan fingerprint density at radius 1 is 0.903 bits per heavy atom. The van der Waals surface area contributed by atoms with Crippen molar-refractivity contribution in [2.75, 3.05) is 42.2 Å². The van der Waals surface area contributed by atoms with E-state index in [9.17, 15) is 9.90 Å². The summed E-state index contributed by atoms with van der Waals surface area (Å²) in [6, 6.07) is 8.88. The van der Waals surface area contributed by atoms with Crippen molar-refractivity contribution in [3.05, 3.63) is 41.5 Å². The first-order valence-electron chi connectivity index (χ1n) is 9.82. The summed E-state index contributed by atoms with van der Waals surface area (Å²) in [6.45, 7) is 0.222. The third kappa shape index (κ3) is 4.49. The summed E-state index contributed by atoms with van der Waals surface area (Å²) in [5.41, 5.74) is 1.43. The van der Waals surface area contributed by atoms with Gasteiger partial charge in [0.25, 0.3) is 0 Å². The molecule has 2 aromatic carbocycles. The van der Waals surface area contributed by atoms with Crippen LogP contribution >= 0.6 is 0 Å². The van der Waals surface area contributed by atoms with Crippen molar-refractivity contribution < 1.29 is 38.3 Å². The van der Waals surface area contributed by atoms with Gasteiger partial charge in [0.2, 0.25) is 5.75 Å². The van der Waals surface area contributed by atoms with Gasteiger partial charge < -0.3 is 33.5 Å². The second kappa shape index (κ2) is 9.78. The Morgan fingerprint density at radius 3 is 2.06 bits per heavy atom. The number of esters is 1. The van der Waals surface area contributed by atoms with Gasteiger partial charge in [-0.15, -0.1) is 0 Å². The molecular weight excluding hydrogens is 404 g/mol. The normalized spacial score (nSPS) is 18.8. The molecule has 0 bridgehead atoms. The zero-order valence-electron chi connectivity index (χ0n) is 18.3. The van der Waals surface area contributed by atoms with E-state index in [0.717, 1.165) is 5.56 Å². The first-order chi connectivity index (χ1) is 15.0. The smallest absolute Gasteiger partial charge is 0.312 e. The molecule has 1 heterocycles. The summed E-state index contributed by atoms with van der Waals surface area (Å²) >= 11 is 0. The van der Waals surface area contributed by atoms with Crippen LogP contribution in [0.5, 0.6) is 28.7 Å². The summed E-state index contributed by atoms with van der Waals surface area (Å²) < 4.78 is 32.0. The Hall–Kier alpha value is -3.13. The molecule has 0 radical (unpaired) electrons. The van der Waals surface area contributed by atoms with Crippen molar-refractivity contribution in [3.8, 4) is 28.7 Å². The lowest BCUT2D eigenvalue weighted by atomic mass is 9.83. The lowest BCUT2D eigenvalue weighted by molar-refractivity contribution is -0.144. The number of benzene rings is 2. The van der Waals surface area contributed by atoms with Gasteiger partial charge in [-0.05, 0) is 41.8 Å². The van der Waals surface area contributed by atoms with E-state index in [1.165, 1.54) is 21.3 Å². The first-order valence-corrected chi connectivity index (χ1v) is 9.82. The van der Waals surface area contributed by atoms with Gasteiger partial charge in [0.05, 0.1) is 54.2 Å². The number of carbonyl (C=O) groups excluding carboxylic acids is 1. The number of methoxy groups -OCH3 is 5. The molecule has 1 fully saturated rings. The van der Waals surface area contributed by atoms with E-state index in [-0.39, 0.29) is 12.5 Å². The van der Waals surface area contributed by atoms with E-state index in [0.29, 0.717) is 40.7 Å². The molecule has 8 nitrogen and oxygen atoms in total. The first kappa shape index (κ1) is 22.6. The molecule has 0 aromatic heterocycles. The molecule has 0 aliphatic carbocycles. The lowest BCUT2D eigenvalue weighted by Crippen LogP contribution is -2.25. The maximum atomic E-state index is 12.5.